The van der Waals surface area contributed by atoms with Gasteiger partial charge in [-0.3, -0.25) is 4.79 Å². The number of nitrogens with zero attached hydrogens (tertiary/aromatic N) is 1. The molecule has 1 unspecified atom stereocenters. The van der Waals surface area contributed by atoms with Crippen molar-refractivity contribution in [1.29, 1.82) is 0 Å². The summed E-state index contributed by atoms with van der Waals surface area (Å²) in [6.45, 7) is 2.67. The number of nitrogens with two attached hydrogens (primary N) is 1. The molecule has 0 aromatic heterocycles. The van der Waals surface area contributed by atoms with Crippen molar-refractivity contribution in [2.75, 3.05) is 12.8 Å². The molecule has 0 heterocycles. The summed E-state index contributed by atoms with van der Waals surface area (Å²) in [5, 5.41) is 15.3. The van der Waals surface area contributed by atoms with E-state index in [2.05, 4.69) is 17.4 Å². The molecule has 104 valence electrons. The normalized spacial score (nSPS) is 21.3. The van der Waals surface area contributed by atoms with Crippen LogP contribution in [0.2, 0.25) is 0 Å². The highest BCUT2D eigenvalue weighted by Crippen LogP contribution is 2.36. The first-order valence-electron chi connectivity index (χ1n) is 6.36. The van der Waals surface area contributed by atoms with Crippen LogP contribution >= 0.6 is 11.8 Å². The summed E-state index contributed by atoms with van der Waals surface area (Å²) in [5.74, 6) is -0.0464. The molecule has 0 aromatic carbocycles. The minimum Gasteiger partial charge on any atom is -0.409 e. The topological polar surface area (TPSA) is 87.7 Å². The number of hydrogen-bond donors (Lipinski definition) is 3. The van der Waals surface area contributed by atoms with Crippen LogP contribution < -0.4 is 11.1 Å². The third-order valence-electron chi connectivity index (χ3n) is 3.69. The monoisotopic (exact) mass is 273 g/mol. The molecule has 1 saturated carbocycles. The Morgan fingerprint density at radius 1 is 1.50 bits per heavy atom. The highest BCUT2D eigenvalue weighted by Gasteiger charge is 2.43. The van der Waals surface area contributed by atoms with Gasteiger partial charge in [-0.1, -0.05) is 31.3 Å². The molecule has 1 aliphatic carbocycles. The van der Waals surface area contributed by atoms with E-state index in [1.165, 1.54) is 0 Å². The fraction of sp³-hybridized carbons (Fsp3) is 0.833. The van der Waals surface area contributed by atoms with Crippen LogP contribution in [0.3, 0.4) is 0 Å². The molecular formula is C12H23N3O2S. The van der Waals surface area contributed by atoms with E-state index < -0.39 is 5.41 Å². The van der Waals surface area contributed by atoms with Crippen molar-refractivity contribution >= 4 is 23.5 Å². The maximum atomic E-state index is 12.3. The third kappa shape index (κ3) is 3.31. The highest BCUT2D eigenvalue weighted by atomic mass is 32.2. The molecule has 0 radical (unpaired) electrons. The Morgan fingerprint density at radius 2 is 2.11 bits per heavy atom. The first-order chi connectivity index (χ1) is 8.56. The highest BCUT2D eigenvalue weighted by molar-refractivity contribution is 7.99. The predicted molar refractivity (Wildman–Crippen MR) is 74.9 cm³/mol. The largest absolute Gasteiger partial charge is 0.409 e. The van der Waals surface area contributed by atoms with Gasteiger partial charge in [0.05, 0.1) is 0 Å². The zero-order valence-electron chi connectivity index (χ0n) is 11.1. The zero-order chi connectivity index (χ0) is 13.6. The minimum absolute atomic E-state index is 0.0523. The van der Waals surface area contributed by atoms with Crippen LogP contribution in [0.1, 0.15) is 39.0 Å². The fourth-order valence-electron chi connectivity index (χ4n) is 2.34. The number of amides is 1. The lowest BCUT2D eigenvalue weighted by Gasteiger charge is -2.34. The number of carbonyl (C=O) groups excluding carboxylic acids is 1. The predicted octanol–water partition coefficient (Wildman–Crippen LogP) is 1.55. The van der Waals surface area contributed by atoms with Crippen molar-refractivity contribution in [3.8, 4) is 0 Å². The van der Waals surface area contributed by atoms with Gasteiger partial charge in [-0.2, -0.15) is 11.8 Å². The fourth-order valence-corrected chi connectivity index (χ4v) is 2.59. The molecule has 1 amide bonds. The molecule has 1 aliphatic rings. The Bertz CT molecular complexity index is 314. The van der Waals surface area contributed by atoms with E-state index in [-0.39, 0.29) is 11.7 Å². The van der Waals surface area contributed by atoms with Gasteiger partial charge >= 0.3 is 0 Å². The number of amidine groups is 1. The maximum absolute atomic E-state index is 12.3. The van der Waals surface area contributed by atoms with Crippen LogP contribution in [-0.2, 0) is 4.79 Å². The second-order valence-electron chi connectivity index (χ2n) is 4.88. The Kier molecular flexibility index (Phi) is 5.78. The van der Waals surface area contributed by atoms with E-state index in [0.29, 0.717) is 24.6 Å². The van der Waals surface area contributed by atoms with Crippen LogP contribution in [0.4, 0.5) is 0 Å². The second-order valence-corrected chi connectivity index (χ2v) is 6.16. The van der Waals surface area contributed by atoms with Crippen LogP contribution in [-0.4, -0.2) is 35.0 Å². The molecular weight excluding hydrogens is 250 g/mol. The van der Waals surface area contributed by atoms with Crippen LogP contribution in [0.25, 0.3) is 0 Å². The van der Waals surface area contributed by atoms with Gasteiger partial charge in [0.2, 0.25) is 5.91 Å². The molecule has 4 N–H and O–H groups in total. The van der Waals surface area contributed by atoms with E-state index in [1.54, 1.807) is 11.8 Å². The first-order valence-corrected chi connectivity index (χ1v) is 7.64. The van der Waals surface area contributed by atoms with Crippen molar-refractivity contribution in [1.82, 2.24) is 5.32 Å². The molecule has 0 aromatic rings. The molecule has 5 nitrogen and oxygen atoms in total. The molecule has 18 heavy (non-hydrogen) atoms. The van der Waals surface area contributed by atoms with Gasteiger partial charge in [0.1, 0.15) is 5.41 Å². The number of nitrogens with one attached hydrogen (secondary N) is 1. The number of carbonyl (C=O) groups is 1. The van der Waals surface area contributed by atoms with Gasteiger partial charge in [-0.25, -0.2) is 0 Å². The molecule has 0 bridgehead atoms. The molecule has 6 heteroatoms. The van der Waals surface area contributed by atoms with Crippen molar-refractivity contribution < 1.29 is 10.0 Å². The van der Waals surface area contributed by atoms with E-state index in [4.69, 9.17) is 10.9 Å². The minimum atomic E-state index is -0.800. The number of thioether (sulfide) groups is 1. The van der Waals surface area contributed by atoms with Crippen molar-refractivity contribution in [2.45, 2.75) is 44.3 Å². The summed E-state index contributed by atoms with van der Waals surface area (Å²) in [6.07, 6.45) is 6.35. The summed E-state index contributed by atoms with van der Waals surface area (Å²) in [5.41, 5.74) is 4.96. The first kappa shape index (κ1) is 15.1. The summed E-state index contributed by atoms with van der Waals surface area (Å²) in [7, 11) is 0. The molecule has 0 aliphatic heterocycles. The number of rotatable bonds is 5. The van der Waals surface area contributed by atoms with Gasteiger partial charge in [0.15, 0.2) is 5.84 Å². The van der Waals surface area contributed by atoms with Crippen molar-refractivity contribution in [3.05, 3.63) is 0 Å². The van der Waals surface area contributed by atoms with Crippen LogP contribution in [0.15, 0.2) is 5.16 Å². The summed E-state index contributed by atoms with van der Waals surface area (Å²) < 4.78 is 0. The van der Waals surface area contributed by atoms with Gasteiger partial charge in [-0.05, 0) is 19.1 Å². The summed E-state index contributed by atoms with van der Waals surface area (Å²) in [6, 6.07) is 0. The average molecular weight is 273 g/mol. The van der Waals surface area contributed by atoms with Gasteiger partial charge < -0.3 is 16.3 Å². The summed E-state index contributed by atoms with van der Waals surface area (Å²) >= 11 is 1.70. The third-order valence-corrected chi connectivity index (χ3v) is 4.66. The number of hydrogen-bond acceptors (Lipinski definition) is 4. The van der Waals surface area contributed by atoms with Crippen molar-refractivity contribution in [3.63, 3.8) is 0 Å². The smallest absolute Gasteiger partial charge is 0.233 e. The van der Waals surface area contributed by atoms with E-state index in [1.807, 2.05) is 6.26 Å². The molecule has 0 spiro atoms. The lowest BCUT2D eigenvalue weighted by molar-refractivity contribution is -0.129. The lowest BCUT2D eigenvalue weighted by atomic mass is 9.72. The molecule has 1 rings (SSSR count). The second kappa shape index (κ2) is 6.87. The quantitative estimate of drug-likeness (QED) is 0.307. The van der Waals surface area contributed by atoms with E-state index >= 15 is 0 Å². The van der Waals surface area contributed by atoms with Gasteiger partial charge in [0, 0.05) is 11.8 Å². The van der Waals surface area contributed by atoms with Crippen LogP contribution in [0, 0.1) is 5.41 Å². The van der Waals surface area contributed by atoms with Crippen LogP contribution in [0.5, 0.6) is 0 Å². The Morgan fingerprint density at radius 3 is 2.61 bits per heavy atom. The lowest BCUT2D eigenvalue weighted by Crippen LogP contribution is -2.51. The Balaban J connectivity index is 2.74. The van der Waals surface area contributed by atoms with E-state index in [0.717, 1.165) is 19.3 Å². The Hall–Kier alpha value is -0.910. The number of oxime groups is 1. The summed E-state index contributed by atoms with van der Waals surface area (Å²) in [4.78, 5) is 12.3. The standard InChI is InChI=1S/C12H23N3O2S/c1-9(18-2)8-14-11(16)12(10(13)15-17)6-4-3-5-7-12/h9,17H,3-8H2,1-2H3,(H2,13,15)(H,14,16). The van der Waals surface area contributed by atoms with E-state index in [9.17, 15) is 4.79 Å². The SMILES string of the molecule is CSC(C)CNC(=O)C1(C(N)=NO)CCCCC1. The average Bonchev–Trinajstić information content (AvgIpc) is 2.43. The van der Waals surface area contributed by atoms with Gasteiger partial charge in [-0.15, -0.1) is 0 Å². The zero-order valence-corrected chi connectivity index (χ0v) is 11.9. The molecule has 1 atom stereocenters. The van der Waals surface area contributed by atoms with Crippen molar-refractivity contribution in [2.24, 2.45) is 16.3 Å². The molecule has 1 fully saturated rings. The van der Waals surface area contributed by atoms with Gasteiger partial charge in [0.25, 0.3) is 0 Å². The Labute approximate surface area is 113 Å². The maximum Gasteiger partial charge on any atom is 0.233 e. The molecule has 0 saturated heterocycles.